The standard InChI is InChI=1S/C16H11ClF2N2O4S/c17-13-7-10(8-20)1-6-14(13)25-9-15(22)21-11-2-4-12(5-3-11)26(23,24)16(18)19/h1-7,16H,9H2,(H,21,22). The van der Waals surface area contributed by atoms with Crippen molar-refractivity contribution >= 4 is 33.0 Å². The van der Waals surface area contributed by atoms with Crippen LogP contribution in [0.3, 0.4) is 0 Å². The van der Waals surface area contributed by atoms with E-state index in [-0.39, 0.29) is 16.5 Å². The molecule has 0 aliphatic rings. The smallest absolute Gasteiger partial charge is 0.341 e. The SMILES string of the molecule is N#Cc1ccc(OCC(=O)Nc2ccc(S(=O)(=O)C(F)F)cc2)c(Cl)c1. The number of nitrogens with one attached hydrogen (secondary N) is 1. The van der Waals surface area contributed by atoms with Gasteiger partial charge in [0, 0.05) is 5.69 Å². The average Bonchev–Trinajstić information content (AvgIpc) is 2.61. The van der Waals surface area contributed by atoms with Crippen LogP contribution < -0.4 is 10.1 Å². The van der Waals surface area contributed by atoms with Gasteiger partial charge < -0.3 is 10.1 Å². The number of hydrogen-bond acceptors (Lipinski definition) is 5. The maximum absolute atomic E-state index is 12.4. The average molecular weight is 401 g/mol. The monoisotopic (exact) mass is 400 g/mol. The van der Waals surface area contributed by atoms with Gasteiger partial charge in [-0.3, -0.25) is 4.79 Å². The zero-order valence-electron chi connectivity index (χ0n) is 12.9. The van der Waals surface area contributed by atoms with E-state index in [2.05, 4.69) is 5.32 Å². The summed E-state index contributed by atoms with van der Waals surface area (Å²) >= 11 is 5.91. The molecule has 2 aromatic rings. The van der Waals surface area contributed by atoms with Crippen molar-refractivity contribution in [2.45, 2.75) is 10.7 Å². The van der Waals surface area contributed by atoms with Crippen LogP contribution in [0.2, 0.25) is 5.02 Å². The number of nitriles is 1. The van der Waals surface area contributed by atoms with Gasteiger partial charge in [0.2, 0.25) is 9.84 Å². The number of carbonyl (C=O) groups excluding carboxylic acids is 1. The second-order valence-corrected chi connectivity index (χ2v) is 7.25. The van der Waals surface area contributed by atoms with Crippen molar-refractivity contribution in [3.63, 3.8) is 0 Å². The minimum atomic E-state index is -4.69. The number of nitrogens with zero attached hydrogens (tertiary/aromatic N) is 1. The molecule has 2 rings (SSSR count). The Labute approximate surface area is 152 Å². The van der Waals surface area contributed by atoms with Crippen LogP contribution in [0.15, 0.2) is 47.4 Å². The lowest BCUT2D eigenvalue weighted by Gasteiger charge is -2.09. The van der Waals surface area contributed by atoms with E-state index in [1.165, 1.54) is 30.3 Å². The summed E-state index contributed by atoms with van der Waals surface area (Å²) in [7, 11) is -4.69. The van der Waals surface area contributed by atoms with Crippen LogP contribution in [-0.4, -0.2) is 26.7 Å². The fourth-order valence-corrected chi connectivity index (χ4v) is 2.81. The van der Waals surface area contributed by atoms with Gasteiger partial charge in [-0.25, -0.2) is 8.42 Å². The van der Waals surface area contributed by atoms with Gasteiger partial charge in [-0.15, -0.1) is 0 Å². The Hall–Kier alpha value is -2.70. The molecule has 0 aromatic heterocycles. The van der Waals surface area contributed by atoms with Crippen LogP contribution in [0, 0.1) is 11.3 Å². The van der Waals surface area contributed by atoms with Gasteiger partial charge in [0.25, 0.3) is 5.91 Å². The van der Waals surface area contributed by atoms with Crippen molar-refractivity contribution in [3.05, 3.63) is 53.1 Å². The van der Waals surface area contributed by atoms with E-state index in [1.807, 2.05) is 6.07 Å². The highest BCUT2D eigenvalue weighted by molar-refractivity contribution is 7.91. The first-order valence-electron chi connectivity index (χ1n) is 6.98. The van der Waals surface area contributed by atoms with Crippen LogP contribution in [0.25, 0.3) is 0 Å². The molecule has 1 amide bonds. The Morgan fingerprint density at radius 2 is 1.88 bits per heavy atom. The van der Waals surface area contributed by atoms with Crippen molar-refractivity contribution < 1.29 is 26.7 Å². The van der Waals surface area contributed by atoms with E-state index in [0.29, 0.717) is 5.56 Å². The molecular weight excluding hydrogens is 390 g/mol. The first-order valence-corrected chi connectivity index (χ1v) is 8.91. The molecular formula is C16H11ClF2N2O4S. The van der Waals surface area contributed by atoms with Gasteiger partial charge in [0.1, 0.15) is 5.75 Å². The normalized spacial score (nSPS) is 11.0. The van der Waals surface area contributed by atoms with Gasteiger partial charge >= 0.3 is 5.76 Å². The highest BCUT2D eigenvalue weighted by Crippen LogP contribution is 2.25. The molecule has 26 heavy (non-hydrogen) atoms. The Balaban J connectivity index is 1.97. The van der Waals surface area contributed by atoms with Crippen molar-refractivity contribution in [1.82, 2.24) is 0 Å². The molecule has 0 bridgehead atoms. The molecule has 6 nitrogen and oxygen atoms in total. The van der Waals surface area contributed by atoms with Gasteiger partial charge in [0.05, 0.1) is 21.6 Å². The van der Waals surface area contributed by atoms with Crippen LogP contribution in [0.1, 0.15) is 5.56 Å². The van der Waals surface area contributed by atoms with E-state index < -0.39 is 33.0 Å². The van der Waals surface area contributed by atoms with Gasteiger partial charge in [0.15, 0.2) is 6.61 Å². The molecule has 0 atom stereocenters. The highest BCUT2D eigenvalue weighted by atomic mass is 35.5. The van der Waals surface area contributed by atoms with Crippen molar-refractivity contribution in [1.29, 1.82) is 5.26 Å². The summed E-state index contributed by atoms with van der Waals surface area (Å²) in [6.07, 6.45) is 0. The predicted octanol–water partition coefficient (Wildman–Crippen LogP) is 3.23. The zero-order valence-corrected chi connectivity index (χ0v) is 14.5. The van der Waals surface area contributed by atoms with Crippen molar-refractivity contribution in [3.8, 4) is 11.8 Å². The lowest BCUT2D eigenvalue weighted by Crippen LogP contribution is -2.20. The molecule has 0 heterocycles. The maximum atomic E-state index is 12.4. The van der Waals surface area contributed by atoms with Crippen molar-refractivity contribution in [2.24, 2.45) is 0 Å². The lowest BCUT2D eigenvalue weighted by atomic mass is 10.2. The summed E-state index contributed by atoms with van der Waals surface area (Å²) in [5.41, 5.74) is 0.545. The minimum absolute atomic E-state index is 0.165. The third-order valence-corrected chi connectivity index (χ3v) is 4.81. The lowest BCUT2D eigenvalue weighted by molar-refractivity contribution is -0.118. The van der Waals surface area contributed by atoms with Crippen LogP contribution in [-0.2, 0) is 14.6 Å². The summed E-state index contributed by atoms with van der Waals surface area (Å²) in [6.45, 7) is -0.400. The number of sulfone groups is 1. The second kappa shape index (κ2) is 8.12. The zero-order chi connectivity index (χ0) is 19.3. The van der Waals surface area contributed by atoms with Gasteiger partial charge in [-0.05, 0) is 42.5 Å². The minimum Gasteiger partial charge on any atom is -0.482 e. The first kappa shape index (κ1) is 19.6. The molecule has 0 fully saturated rings. The summed E-state index contributed by atoms with van der Waals surface area (Å²) < 4.78 is 52.8. The third kappa shape index (κ3) is 4.68. The Morgan fingerprint density at radius 3 is 2.42 bits per heavy atom. The number of anilines is 1. The summed E-state index contributed by atoms with van der Waals surface area (Å²) in [6, 6.07) is 10.5. The molecule has 0 radical (unpaired) electrons. The van der Waals surface area contributed by atoms with E-state index in [0.717, 1.165) is 12.1 Å². The quantitative estimate of drug-likeness (QED) is 0.803. The number of halogens is 3. The third-order valence-electron chi connectivity index (χ3n) is 3.12. The summed E-state index contributed by atoms with van der Waals surface area (Å²) in [5.74, 6) is -3.89. The van der Waals surface area contributed by atoms with Crippen molar-refractivity contribution in [2.75, 3.05) is 11.9 Å². The van der Waals surface area contributed by atoms with Crippen LogP contribution in [0.5, 0.6) is 5.75 Å². The fourth-order valence-electron chi connectivity index (χ4n) is 1.86. The molecule has 0 aliphatic heterocycles. The Bertz CT molecular complexity index is 957. The molecule has 1 N–H and O–H groups in total. The molecule has 0 saturated carbocycles. The van der Waals surface area contributed by atoms with Gasteiger partial charge in [-0.2, -0.15) is 14.0 Å². The van der Waals surface area contributed by atoms with E-state index in [4.69, 9.17) is 21.6 Å². The molecule has 0 saturated heterocycles. The summed E-state index contributed by atoms with van der Waals surface area (Å²) in [4.78, 5) is 11.3. The maximum Gasteiger partial charge on any atom is 0.341 e. The first-order chi connectivity index (χ1) is 12.2. The molecule has 0 aliphatic carbocycles. The van der Waals surface area contributed by atoms with E-state index >= 15 is 0 Å². The molecule has 136 valence electrons. The summed E-state index contributed by atoms with van der Waals surface area (Å²) in [5, 5.41) is 11.3. The Morgan fingerprint density at radius 1 is 1.23 bits per heavy atom. The van der Waals surface area contributed by atoms with Crippen LogP contribution in [0.4, 0.5) is 14.5 Å². The highest BCUT2D eigenvalue weighted by Gasteiger charge is 2.26. The number of hydrogen-bond donors (Lipinski definition) is 1. The molecule has 10 heteroatoms. The topological polar surface area (TPSA) is 96.3 Å². The predicted molar refractivity (Wildman–Crippen MR) is 89.9 cm³/mol. The number of carbonyl (C=O) groups is 1. The number of ether oxygens (including phenoxy) is 1. The number of benzene rings is 2. The Kier molecular flexibility index (Phi) is 6.13. The second-order valence-electron chi connectivity index (χ2n) is 4.92. The number of amides is 1. The van der Waals surface area contributed by atoms with E-state index in [1.54, 1.807) is 0 Å². The molecule has 0 unspecified atom stereocenters. The van der Waals surface area contributed by atoms with Crippen LogP contribution >= 0.6 is 11.6 Å². The number of alkyl halides is 2. The van der Waals surface area contributed by atoms with E-state index in [9.17, 15) is 22.0 Å². The fraction of sp³-hybridized carbons (Fsp3) is 0.125. The number of rotatable bonds is 6. The molecule has 0 spiro atoms. The van der Waals surface area contributed by atoms with Gasteiger partial charge in [-0.1, -0.05) is 11.6 Å². The molecule has 2 aromatic carbocycles. The largest absolute Gasteiger partial charge is 0.482 e.